The first kappa shape index (κ1) is 8.74. The SMILES string of the molecule is Cn1nnnc1NCC1(CCl)CC1. The van der Waals surface area contributed by atoms with Gasteiger partial charge in [-0.05, 0) is 23.3 Å². The van der Waals surface area contributed by atoms with E-state index in [0.717, 1.165) is 6.54 Å². The summed E-state index contributed by atoms with van der Waals surface area (Å²) < 4.78 is 1.62. The molecule has 0 aromatic carbocycles. The summed E-state index contributed by atoms with van der Waals surface area (Å²) in [4.78, 5) is 0. The second-order valence-electron chi connectivity index (χ2n) is 3.61. The van der Waals surface area contributed by atoms with Gasteiger partial charge in [0, 0.05) is 24.9 Å². The van der Waals surface area contributed by atoms with E-state index >= 15 is 0 Å². The Bertz CT molecular complexity index is 293. The molecule has 1 saturated carbocycles. The summed E-state index contributed by atoms with van der Waals surface area (Å²) in [6.07, 6.45) is 2.41. The van der Waals surface area contributed by atoms with Gasteiger partial charge in [0.25, 0.3) is 0 Å². The molecule has 72 valence electrons. The Labute approximate surface area is 81.5 Å². The molecule has 6 heteroatoms. The molecule has 1 fully saturated rings. The van der Waals surface area contributed by atoms with Gasteiger partial charge in [0.1, 0.15) is 0 Å². The highest BCUT2D eigenvalue weighted by molar-refractivity contribution is 6.18. The predicted molar refractivity (Wildman–Crippen MR) is 49.7 cm³/mol. The highest BCUT2D eigenvalue weighted by Crippen LogP contribution is 2.46. The maximum Gasteiger partial charge on any atom is 0.242 e. The first-order chi connectivity index (χ1) is 6.26. The number of aryl methyl sites for hydroxylation is 1. The Morgan fingerprint density at radius 1 is 1.62 bits per heavy atom. The standard InChI is InChI=1S/C7H12ClN5/c1-13-6(10-11-12-13)9-5-7(4-8)2-3-7/h2-5H2,1H3,(H,9,10,12). The number of anilines is 1. The van der Waals surface area contributed by atoms with Crippen molar-refractivity contribution >= 4 is 17.5 Å². The number of hydrogen-bond acceptors (Lipinski definition) is 4. The van der Waals surface area contributed by atoms with E-state index in [9.17, 15) is 0 Å². The molecule has 0 atom stereocenters. The Balaban J connectivity index is 1.90. The zero-order chi connectivity index (χ0) is 9.31. The van der Waals surface area contributed by atoms with E-state index < -0.39 is 0 Å². The molecular formula is C7H12ClN5. The number of alkyl halides is 1. The van der Waals surface area contributed by atoms with Gasteiger partial charge in [0.15, 0.2) is 0 Å². The maximum atomic E-state index is 5.84. The third kappa shape index (κ3) is 1.75. The van der Waals surface area contributed by atoms with Gasteiger partial charge < -0.3 is 5.32 Å². The molecule has 1 aliphatic carbocycles. The molecule has 0 unspecified atom stereocenters. The van der Waals surface area contributed by atoms with Crippen LogP contribution in [0.3, 0.4) is 0 Å². The van der Waals surface area contributed by atoms with Crippen LogP contribution >= 0.6 is 11.6 Å². The van der Waals surface area contributed by atoms with Crippen LogP contribution in [0.25, 0.3) is 0 Å². The molecule has 0 bridgehead atoms. The van der Waals surface area contributed by atoms with Gasteiger partial charge in [0.05, 0.1) is 0 Å². The number of tetrazole rings is 1. The summed E-state index contributed by atoms with van der Waals surface area (Å²) in [5, 5.41) is 14.3. The summed E-state index contributed by atoms with van der Waals surface area (Å²) in [5.74, 6) is 1.42. The molecule has 1 N–H and O–H groups in total. The van der Waals surface area contributed by atoms with Crippen LogP contribution in [0.2, 0.25) is 0 Å². The molecule has 2 rings (SSSR count). The number of halogens is 1. The minimum absolute atomic E-state index is 0.299. The highest BCUT2D eigenvalue weighted by atomic mass is 35.5. The summed E-state index contributed by atoms with van der Waals surface area (Å²) in [6.45, 7) is 0.866. The molecule has 5 nitrogen and oxygen atoms in total. The molecule has 1 aromatic rings. The summed E-state index contributed by atoms with van der Waals surface area (Å²) in [6, 6.07) is 0. The van der Waals surface area contributed by atoms with Gasteiger partial charge in [-0.15, -0.1) is 11.6 Å². The normalized spacial score (nSPS) is 18.6. The average molecular weight is 202 g/mol. The quantitative estimate of drug-likeness (QED) is 0.727. The summed E-state index contributed by atoms with van der Waals surface area (Å²) in [5.41, 5.74) is 0.299. The zero-order valence-electron chi connectivity index (χ0n) is 7.50. The van der Waals surface area contributed by atoms with Crippen molar-refractivity contribution < 1.29 is 0 Å². The van der Waals surface area contributed by atoms with E-state index in [4.69, 9.17) is 11.6 Å². The number of nitrogens with zero attached hydrogens (tertiary/aromatic N) is 4. The molecule has 13 heavy (non-hydrogen) atoms. The van der Waals surface area contributed by atoms with Crippen LogP contribution in [0.15, 0.2) is 0 Å². The fourth-order valence-corrected chi connectivity index (χ4v) is 1.54. The van der Waals surface area contributed by atoms with E-state index in [2.05, 4.69) is 20.8 Å². The van der Waals surface area contributed by atoms with Crippen molar-refractivity contribution in [1.82, 2.24) is 20.2 Å². The van der Waals surface area contributed by atoms with Crippen molar-refractivity contribution in [3.63, 3.8) is 0 Å². The van der Waals surface area contributed by atoms with Crippen molar-refractivity contribution in [2.24, 2.45) is 12.5 Å². The molecular weight excluding hydrogens is 190 g/mol. The van der Waals surface area contributed by atoms with Crippen molar-refractivity contribution in [2.75, 3.05) is 17.7 Å². The lowest BCUT2D eigenvalue weighted by Gasteiger charge is -2.11. The van der Waals surface area contributed by atoms with E-state index in [-0.39, 0.29) is 0 Å². The van der Waals surface area contributed by atoms with Crippen molar-refractivity contribution in [1.29, 1.82) is 0 Å². The van der Waals surface area contributed by atoms with Gasteiger partial charge >= 0.3 is 0 Å². The average Bonchev–Trinajstić information content (AvgIpc) is 2.82. The lowest BCUT2D eigenvalue weighted by Crippen LogP contribution is -2.18. The fraction of sp³-hybridized carbons (Fsp3) is 0.857. The van der Waals surface area contributed by atoms with Gasteiger partial charge in [-0.25, -0.2) is 4.68 Å². The second-order valence-corrected chi connectivity index (χ2v) is 3.88. The van der Waals surface area contributed by atoms with Crippen LogP contribution < -0.4 is 5.32 Å². The van der Waals surface area contributed by atoms with Gasteiger partial charge in [-0.1, -0.05) is 5.10 Å². The van der Waals surface area contributed by atoms with Crippen LogP contribution in [0.4, 0.5) is 5.95 Å². The van der Waals surface area contributed by atoms with E-state index in [1.807, 2.05) is 7.05 Å². The molecule has 0 amide bonds. The Morgan fingerprint density at radius 3 is 2.85 bits per heavy atom. The zero-order valence-corrected chi connectivity index (χ0v) is 8.25. The van der Waals surface area contributed by atoms with Crippen LogP contribution in [-0.2, 0) is 7.05 Å². The van der Waals surface area contributed by atoms with Gasteiger partial charge in [0.2, 0.25) is 5.95 Å². The molecule has 1 heterocycles. The highest BCUT2D eigenvalue weighted by Gasteiger charge is 2.41. The van der Waals surface area contributed by atoms with E-state index in [0.29, 0.717) is 17.2 Å². The van der Waals surface area contributed by atoms with Crippen molar-refractivity contribution in [3.05, 3.63) is 0 Å². The molecule has 0 radical (unpaired) electrons. The lowest BCUT2D eigenvalue weighted by molar-refractivity contribution is 0.610. The predicted octanol–water partition coefficient (Wildman–Crippen LogP) is 0.641. The van der Waals surface area contributed by atoms with Crippen LogP contribution in [0.5, 0.6) is 0 Å². The molecule has 0 spiro atoms. The Morgan fingerprint density at radius 2 is 2.38 bits per heavy atom. The minimum atomic E-state index is 0.299. The van der Waals surface area contributed by atoms with Crippen molar-refractivity contribution in [2.45, 2.75) is 12.8 Å². The molecule has 0 saturated heterocycles. The Hall–Kier alpha value is -0.840. The van der Waals surface area contributed by atoms with Gasteiger partial charge in [-0.2, -0.15) is 0 Å². The number of aromatic nitrogens is 4. The second kappa shape index (κ2) is 3.14. The first-order valence-electron chi connectivity index (χ1n) is 4.28. The Kier molecular flexibility index (Phi) is 2.11. The minimum Gasteiger partial charge on any atom is -0.352 e. The monoisotopic (exact) mass is 201 g/mol. The fourth-order valence-electron chi connectivity index (χ4n) is 1.18. The molecule has 1 aromatic heterocycles. The maximum absolute atomic E-state index is 5.84. The van der Waals surface area contributed by atoms with Crippen LogP contribution in [0.1, 0.15) is 12.8 Å². The summed E-state index contributed by atoms with van der Waals surface area (Å²) in [7, 11) is 1.81. The molecule has 1 aliphatic rings. The number of rotatable bonds is 4. The van der Waals surface area contributed by atoms with Crippen molar-refractivity contribution in [3.8, 4) is 0 Å². The van der Waals surface area contributed by atoms with Crippen LogP contribution in [-0.4, -0.2) is 32.6 Å². The molecule has 0 aliphatic heterocycles. The topological polar surface area (TPSA) is 55.6 Å². The van der Waals surface area contributed by atoms with Crippen LogP contribution in [0, 0.1) is 5.41 Å². The van der Waals surface area contributed by atoms with Gasteiger partial charge in [-0.3, -0.25) is 0 Å². The third-order valence-corrected chi connectivity index (χ3v) is 3.05. The van der Waals surface area contributed by atoms with E-state index in [1.165, 1.54) is 12.8 Å². The lowest BCUT2D eigenvalue weighted by atomic mass is 10.1. The first-order valence-corrected chi connectivity index (χ1v) is 4.81. The third-order valence-electron chi connectivity index (χ3n) is 2.48. The summed E-state index contributed by atoms with van der Waals surface area (Å²) >= 11 is 5.84. The van der Waals surface area contributed by atoms with E-state index in [1.54, 1.807) is 4.68 Å². The number of hydrogen-bond donors (Lipinski definition) is 1. The largest absolute Gasteiger partial charge is 0.352 e. The smallest absolute Gasteiger partial charge is 0.242 e. The number of nitrogens with one attached hydrogen (secondary N) is 1.